The van der Waals surface area contributed by atoms with Gasteiger partial charge in [0, 0.05) is 17.8 Å². The highest BCUT2D eigenvalue weighted by Crippen LogP contribution is 2.40. The third kappa shape index (κ3) is 4.80. The van der Waals surface area contributed by atoms with Gasteiger partial charge in [-0.15, -0.1) is 0 Å². The molecule has 2 fully saturated rings. The zero-order chi connectivity index (χ0) is 23.5. The summed E-state index contributed by atoms with van der Waals surface area (Å²) < 4.78 is 7.12. The second-order valence-corrected chi connectivity index (χ2v) is 8.91. The smallest absolute Gasteiger partial charge is 0.265 e. The van der Waals surface area contributed by atoms with E-state index in [-0.39, 0.29) is 29.8 Å². The lowest BCUT2D eigenvalue weighted by Gasteiger charge is -2.26. The van der Waals surface area contributed by atoms with Crippen molar-refractivity contribution in [1.82, 2.24) is 15.2 Å². The Hall–Kier alpha value is -3.54. The Labute approximate surface area is 192 Å². The summed E-state index contributed by atoms with van der Waals surface area (Å²) in [4.78, 5) is 38.0. The Morgan fingerprint density at radius 2 is 2.12 bits per heavy atom. The van der Waals surface area contributed by atoms with E-state index in [2.05, 4.69) is 16.7 Å². The minimum absolute atomic E-state index is 0.0789. The molecule has 3 amide bonds. The zero-order valence-corrected chi connectivity index (χ0v) is 18.7. The average molecular weight is 452 g/mol. The molecule has 1 aliphatic heterocycles. The number of nitrogens with one attached hydrogen (secondary N) is 2. The summed E-state index contributed by atoms with van der Waals surface area (Å²) in [6, 6.07) is 7.68. The van der Waals surface area contributed by atoms with Crippen LogP contribution < -0.4 is 21.1 Å². The molecule has 3 atom stereocenters. The fraction of sp³-hybridized carbons (Fsp3) is 0.500. The standard InChI is InChI=1S/C24H29N5O4/c1-33-21-6-2-5-18-17(21)12-19(22(26)30)29(18)20(10-14-7-8-14)24(32)28-16(13-25)11-15-4-3-9-27-23(15)31/h2,5-6,12,14-16,20H,3-4,7-11H2,1H3,(H2,26,30)(H,27,31)(H,28,32)/t15-,16-,20-/m0/s1. The SMILES string of the molecule is COc1cccc2c1cc(C(N)=O)n2[C@@H](CC1CC1)C(=O)N[C@H](C#N)C[C@@H]1CCCNC1=O. The first kappa shape index (κ1) is 22.6. The number of amides is 3. The van der Waals surface area contributed by atoms with Gasteiger partial charge in [0.25, 0.3) is 5.91 Å². The van der Waals surface area contributed by atoms with E-state index in [0.717, 1.165) is 19.3 Å². The van der Waals surface area contributed by atoms with E-state index < -0.39 is 18.0 Å². The third-order valence-electron chi connectivity index (χ3n) is 6.58. The topological polar surface area (TPSA) is 139 Å². The van der Waals surface area contributed by atoms with Gasteiger partial charge >= 0.3 is 0 Å². The predicted molar refractivity (Wildman–Crippen MR) is 121 cm³/mol. The van der Waals surface area contributed by atoms with E-state index in [1.165, 1.54) is 0 Å². The molecule has 2 heterocycles. The van der Waals surface area contributed by atoms with Crippen LogP contribution in [0.3, 0.4) is 0 Å². The van der Waals surface area contributed by atoms with E-state index in [1.807, 2.05) is 6.07 Å². The van der Waals surface area contributed by atoms with Crippen LogP contribution in [0.2, 0.25) is 0 Å². The fourth-order valence-electron chi connectivity index (χ4n) is 4.68. The molecular formula is C24H29N5O4. The van der Waals surface area contributed by atoms with Crippen LogP contribution in [0.15, 0.2) is 24.3 Å². The second-order valence-electron chi connectivity index (χ2n) is 8.91. The molecule has 2 aliphatic rings. The van der Waals surface area contributed by atoms with Gasteiger partial charge in [-0.25, -0.2) is 0 Å². The van der Waals surface area contributed by atoms with Crippen molar-refractivity contribution in [3.05, 3.63) is 30.0 Å². The molecule has 2 aromatic rings. The van der Waals surface area contributed by atoms with E-state index in [0.29, 0.717) is 42.0 Å². The number of nitrogens with zero attached hydrogens (tertiary/aromatic N) is 2. The first-order valence-corrected chi connectivity index (χ1v) is 11.4. The van der Waals surface area contributed by atoms with Gasteiger partial charge in [-0.1, -0.05) is 18.9 Å². The Kier molecular flexibility index (Phi) is 6.54. The monoisotopic (exact) mass is 451 g/mol. The zero-order valence-electron chi connectivity index (χ0n) is 18.7. The predicted octanol–water partition coefficient (Wildman–Crippen LogP) is 2.01. The minimum Gasteiger partial charge on any atom is -0.496 e. The van der Waals surface area contributed by atoms with Crippen molar-refractivity contribution in [3.63, 3.8) is 0 Å². The first-order chi connectivity index (χ1) is 15.9. The first-order valence-electron chi connectivity index (χ1n) is 11.4. The molecule has 0 spiro atoms. The number of fused-ring (bicyclic) bond motifs is 1. The highest BCUT2D eigenvalue weighted by atomic mass is 16.5. The number of piperidine rings is 1. The van der Waals surface area contributed by atoms with Crippen molar-refractivity contribution >= 4 is 28.6 Å². The van der Waals surface area contributed by atoms with E-state index in [4.69, 9.17) is 10.5 Å². The number of primary amides is 1. The van der Waals surface area contributed by atoms with E-state index in [1.54, 1.807) is 29.9 Å². The van der Waals surface area contributed by atoms with E-state index >= 15 is 0 Å². The van der Waals surface area contributed by atoms with Crippen molar-refractivity contribution in [1.29, 1.82) is 5.26 Å². The molecule has 4 N–H and O–H groups in total. The molecule has 0 radical (unpaired) electrons. The maximum Gasteiger partial charge on any atom is 0.265 e. The van der Waals surface area contributed by atoms with Crippen LogP contribution in [-0.2, 0) is 9.59 Å². The second kappa shape index (κ2) is 9.53. The van der Waals surface area contributed by atoms with Gasteiger partial charge in [0.15, 0.2) is 0 Å². The number of benzene rings is 1. The van der Waals surface area contributed by atoms with Crippen LogP contribution in [0.5, 0.6) is 5.75 Å². The highest BCUT2D eigenvalue weighted by Gasteiger charge is 2.35. The van der Waals surface area contributed by atoms with Gasteiger partial charge in [-0.3, -0.25) is 14.4 Å². The number of hydrogen-bond donors (Lipinski definition) is 3. The quantitative estimate of drug-likeness (QED) is 0.535. The highest BCUT2D eigenvalue weighted by molar-refractivity contribution is 6.01. The number of aromatic nitrogens is 1. The Balaban J connectivity index is 1.65. The number of nitrogens with two attached hydrogens (primary N) is 1. The summed E-state index contributed by atoms with van der Waals surface area (Å²) in [5, 5.41) is 16.0. The summed E-state index contributed by atoms with van der Waals surface area (Å²) in [5.74, 6) is -0.426. The van der Waals surface area contributed by atoms with Gasteiger partial charge in [0.2, 0.25) is 11.8 Å². The molecule has 1 aromatic heterocycles. The molecule has 9 nitrogen and oxygen atoms in total. The summed E-state index contributed by atoms with van der Waals surface area (Å²) in [7, 11) is 1.55. The number of methoxy groups -OCH3 is 1. The molecule has 33 heavy (non-hydrogen) atoms. The molecule has 1 aromatic carbocycles. The minimum atomic E-state index is -0.804. The summed E-state index contributed by atoms with van der Waals surface area (Å²) in [5.41, 5.74) is 6.58. The number of hydrogen-bond acceptors (Lipinski definition) is 5. The Morgan fingerprint density at radius 3 is 2.76 bits per heavy atom. The van der Waals surface area contributed by atoms with Gasteiger partial charge in [0.1, 0.15) is 23.5 Å². The van der Waals surface area contributed by atoms with Crippen LogP contribution in [0.4, 0.5) is 0 Å². The Morgan fingerprint density at radius 1 is 1.33 bits per heavy atom. The third-order valence-corrected chi connectivity index (χ3v) is 6.58. The number of carbonyl (C=O) groups is 3. The summed E-state index contributed by atoms with van der Waals surface area (Å²) in [6.07, 6.45) is 4.37. The van der Waals surface area contributed by atoms with Crippen molar-refractivity contribution in [2.45, 2.75) is 50.6 Å². The van der Waals surface area contributed by atoms with Crippen molar-refractivity contribution in [3.8, 4) is 11.8 Å². The maximum atomic E-state index is 13.5. The van der Waals surface area contributed by atoms with Gasteiger partial charge in [-0.2, -0.15) is 5.26 Å². The summed E-state index contributed by atoms with van der Waals surface area (Å²) >= 11 is 0. The molecule has 9 heteroatoms. The lowest BCUT2D eigenvalue weighted by Crippen LogP contribution is -2.44. The van der Waals surface area contributed by atoms with Gasteiger partial charge < -0.3 is 25.7 Å². The molecule has 4 rings (SSSR count). The van der Waals surface area contributed by atoms with Crippen molar-refractivity contribution in [2.24, 2.45) is 17.6 Å². The molecule has 0 bridgehead atoms. The van der Waals surface area contributed by atoms with Gasteiger partial charge in [-0.05, 0) is 49.8 Å². The molecule has 1 aliphatic carbocycles. The van der Waals surface area contributed by atoms with Crippen molar-refractivity contribution in [2.75, 3.05) is 13.7 Å². The maximum absolute atomic E-state index is 13.5. The van der Waals surface area contributed by atoms with E-state index in [9.17, 15) is 19.6 Å². The summed E-state index contributed by atoms with van der Waals surface area (Å²) in [6.45, 7) is 0.641. The fourth-order valence-corrected chi connectivity index (χ4v) is 4.68. The lowest BCUT2D eigenvalue weighted by molar-refractivity contribution is -0.128. The average Bonchev–Trinajstić information content (AvgIpc) is 3.55. The number of rotatable bonds is 9. The van der Waals surface area contributed by atoms with Crippen molar-refractivity contribution < 1.29 is 19.1 Å². The van der Waals surface area contributed by atoms with Gasteiger partial charge in [0.05, 0.1) is 18.7 Å². The van der Waals surface area contributed by atoms with Crippen LogP contribution in [0.25, 0.3) is 10.9 Å². The van der Waals surface area contributed by atoms with Crippen LogP contribution in [0, 0.1) is 23.2 Å². The molecule has 174 valence electrons. The van der Waals surface area contributed by atoms with Crippen LogP contribution in [0.1, 0.15) is 55.1 Å². The number of ether oxygens (including phenoxy) is 1. The van der Waals surface area contributed by atoms with Crippen LogP contribution in [-0.4, -0.2) is 42.0 Å². The Bertz CT molecular complexity index is 1110. The lowest BCUT2D eigenvalue weighted by atomic mass is 9.92. The molecule has 1 saturated carbocycles. The molecule has 0 unspecified atom stereocenters. The number of carbonyl (C=O) groups excluding carboxylic acids is 3. The van der Waals surface area contributed by atoms with Crippen LogP contribution >= 0.6 is 0 Å². The molecule has 1 saturated heterocycles. The largest absolute Gasteiger partial charge is 0.496 e. The number of nitriles is 1. The normalized spacial score (nSPS) is 19.9. The molecular weight excluding hydrogens is 422 g/mol.